The summed E-state index contributed by atoms with van der Waals surface area (Å²) in [6, 6.07) is 10.7. The largest absolute Gasteiger partial charge is 0.755 e. The van der Waals surface area contributed by atoms with Crippen molar-refractivity contribution < 1.29 is 18.7 Å². The average Bonchev–Trinajstić information content (AvgIpc) is 2.40. The van der Waals surface area contributed by atoms with E-state index in [2.05, 4.69) is 0 Å². The molecule has 0 radical (unpaired) electrons. The number of anilines is 2. The van der Waals surface area contributed by atoms with Crippen LogP contribution in [-0.2, 0) is 11.3 Å². The van der Waals surface area contributed by atoms with E-state index < -0.39 is 17.2 Å². The van der Waals surface area contributed by atoms with Crippen molar-refractivity contribution in [2.24, 2.45) is 0 Å². The number of hydrogen-bond acceptors (Lipinski definition) is 3. The van der Waals surface area contributed by atoms with Crippen LogP contribution in [0.15, 0.2) is 42.5 Å². The van der Waals surface area contributed by atoms with Gasteiger partial charge < -0.3 is 9.66 Å². The number of aryl methyl sites for hydroxylation is 1. The summed E-state index contributed by atoms with van der Waals surface area (Å²) < 4.78 is 24.0. The zero-order valence-corrected chi connectivity index (χ0v) is 12.5. The molecule has 0 heterocycles. The topological polar surface area (TPSA) is 80.7 Å². The van der Waals surface area contributed by atoms with Crippen molar-refractivity contribution in [3.05, 3.63) is 58.6 Å². The van der Waals surface area contributed by atoms with Gasteiger partial charge in [-0.25, -0.2) is 4.79 Å². The SMILES string of the molecule is Cc1ccc(N(c2cc(Cl)cc(C(=O)O)c2)S(=O)[O-])cc1. The number of carbonyl (C=O) groups is 1. The van der Waals surface area contributed by atoms with Gasteiger partial charge >= 0.3 is 5.97 Å². The van der Waals surface area contributed by atoms with Gasteiger partial charge in [-0.05, 0) is 37.3 Å². The second kappa shape index (κ2) is 6.26. The van der Waals surface area contributed by atoms with Gasteiger partial charge in [-0.3, -0.25) is 8.51 Å². The average molecular weight is 325 g/mol. The molecule has 2 aromatic carbocycles. The first kappa shape index (κ1) is 15.5. The minimum absolute atomic E-state index is 0.0833. The molecule has 0 spiro atoms. The van der Waals surface area contributed by atoms with Gasteiger partial charge in [0.05, 0.1) is 28.2 Å². The number of rotatable bonds is 4. The Morgan fingerprint density at radius 1 is 1.19 bits per heavy atom. The summed E-state index contributed by atoms with van der Waals surface area (Å²) in [6.45, 7) is 1.88. The van der Waals surface area contributed by atoms with Crippen LogP contribution < -0.4 is 4.31 Å². The predicted octanol–water partition coefficient (Wildman–Crippen LogP) is 3.28. The van der Waals surface area contributed by atoms with Crippen molar-refractivity contribution in [3.8, 4) is 0 Å². The van der Waals surface area contributed by atoms with Crippen molar-refractivity contribution in [3.63, 3.8) is 0 Å². The Bertz CT molecular complexity index is 703. The number of carboxylic acid groups (broad SMARTS) is 1. The molecule has 0 amide bonds. The Morgan fingerprint density at radius 3 is 2.33 bits per heavy atom. The lowest BCUT2D eigenvalue weighted by molar-refractivity contribution is 0.0697. The fraction of sp³-hybridized carbons (Fsp3) is 0.0714. The Morgan fingerprint density at radius 2 is 1.81 bits per heavy atom. The Kier molecular flexibility index (Phi) is 4.62. The second-order valence-electron chi connectivity index (χ2n) is 4.35. The maximum absolute atomic E-state index is 11.5. The summed E-state index contributed by atoms with van der Waals surface area (Å²) in [5, 5.41) is 9.18. The normalized spacial score (nSPS) is 12.0. The predicted molar refractivity (Wildman–Crippen MR) is 80.6 cm³/mol. The Labute approximate surface area is 129 Å². The van der Waals surface area contributed by atoms with Crippen LogP contribution in [0.2, 0.25) is 5.02 Å². The summed E-state index contributed by atoms with van der Waals surface area (Å²) in [7, 11) is 0. The molecular formula is C14H11ClNO4S-. The maximum atomic E-state index is 11.5. The van der Waals surface area contributed by atoms with Crippen LogP contribution in [-0.4, -0.2) is 19.8 Å². The van der Waals surface area contributed by atoms with Gasteiger partial charge in [0.15, 0.2) is 0 Å². The Balaban J connectivity index is 2.55. The van der Waals surface area contributed by atoms with Crippen LogP contribution >= 0.6 is 11.6 Å². The number of hydrogen-bond donors (Lipinski definition) is 1. The first-order valence-corrected chi connectivity index (χ1v) is 7.29. The lowest BCUT2D eigenvalue weighted by atomic mass is 10.2. The standard InChI is InChI=1S/C14H12ClNO4S/c1-9-2-4-12(5-3-9)16(21(19)20)13-7-10(14(17)18)6-11(15)8-13/h2-8H,1H3,(H,17,18)(H,19,20)/p-1. The molecule has 0 bridgehead atoms. The summed E-state index contributed by atoms with van der Waals surface area (Å²) >= 11 is 3.25. The monoisotopic (exact) mass is 324 g/mol. The molecular weight excluding hydrogens is 314 g/mol. The minimum atomic E-state index is -2.61. The van der Waals surface area contributed by atoms with E-state index in [1.807, 2.05) is 6.92 Å². The van der Waals surface area contributed by atoms with Crippen molar-refractivity contribution in [1.82, 2.24) is 0 Å². The molecule has 0 aliphatic rings. The summed E-state index contributed by atoms with van der Waals surface area (Å²) in [4.78, 5) is 11.0. The third-order valence-electron chi connectivity index (χ3n) is 2.78. The van der Waals surface area contributed by atoms with Crippen molar-refractivity contribution in [2.45, 2.75) is 6.92 Å². The molecule has 7 heteroatoms. The third-order valence-corrected chi connectivity index (χ3v) is 3.72. The van der Waals surface area contributed by atoms with Gasteiger partial charge in [0.2, 0.25) is 0 Å². The van der Waals surface area contributed by atoms with Gasteiger partial charge in [-0.2, -0.15) is 0 Å². The van der Waals surface area contributed by atoms with Crippen LogP contribution in [0, 0.1) is 6.92 Å². The van der Waals surface area contributed by atoms with Gasteiger partial charge in [-0.15, -0.1) is 0 Å². The molecule has 2 rings (SSSR count). The van der Waals surface area contributed by atoms with E-state index in [0.717, 1.165) is 9.87 Å². The number of carboxylic acids is 1. The molecule has 0 saturated carbocycles. The quantitative estimate of drug-likeness (QED) is 0.875. The molecule has 0 aliphatic heterocycles. The van der Waals surface area contributed by atoms with Crippen LogP contribution in [0.5, 0.6) is 0 Å². The van der Waals surface area contributed by atoms with Crippen LogP contribution in [0.3, 0.4) is 0 Å². The second-order valence-corrected chi connectivity index (χ2v) is 5.59. The molecule has 0 saturated heterocycles. The van der Waals surface area contributed by atoms with E-state index in [-0.39, 0.29) is 16.3 Å². The lowest BCUT2D eigenvalue weighted by Gasteiger charge is -2.27. The van der Waals surface area contributed by atoms with Crippen molar-refractivity contribution >= 4 is 40.2 Å². The molecule has 110 valence electrons. The van der Waals surface area contributed by atoms with Crippen molar-refractivity contribution in [1.29, 1.82) is 0 Å². The first-order valence-electron chi connectivity index (χ1n) is 5.88. The van der Waals surface area contributed by atoms with Gasteiger partial charge in [0, 0.05) is 5.02 Å². The highest BCUT2D eigenvalue weighted by Crippen LogP contribution is 2.30. The lowest BCUT2D eigenvalue weighted by Crippen LogP contribution is -2.19. The number of benzene rings is 2. The highest BCUT2D eigenvalue weighted by atomic mass is 35.5. The minimum Gasteiger partial charge on any atom is -0.755 e. The maximum Gasteiger partial charge on any atom is 0.335 e. The molecule has 1 N–H and O–H groups in total. The highest BCUT2D eigenvalue weighted by molar-refractivity contribution is 7.81. The van der Waals surface area contributed by atoms with Crippen LogP contribution in [0.1, 0.15) is 15.9 Å². The Hall–Kier alpha value is -1.89. The third kappa shape index (κ3) is 3.60. The highest BCUT2D eigenvalue weighted by Gasteiger charge is 2.14. The van der Waals surface area contributed by atoms with E-state index in [9.17, 15) is 13.6 Å². The molecule has 21 heavy (non-hydrogen) atoms. The van der Waals surface area contributed by atoms with Gasteiger partial charge in [0.25, 0.3) is 0 Å². The van der Waals surface area contributed by atoms with E-state index >= 15 is 0 Å². The molecule has 2 aromatic rings. The number of nitrogens with zero attached hydrogens (tertiary/aromatic N) is 1. The molecule has 0 fully saturated rings. The van der Waals surface area contributed by atoms with Crippen LogP contribution in [0.4, 0.5) is 11.4 Å². The van der Waals surface area contributed by atoms with E-state index in [1.165, 1.54) is 18.2 Å². The summed E-state index contributed by atoms with van der Waals surface area (Å²) in [6.07, 6.45) is 0. The zero-order valence-electron chi connectivity index (χ0n) is 10.9. The fourth-order valence-electron chi connectivity index (χ4n) is 1.82. The van der Waals surface area contributed by atoms with Gasteiger partial charge in [0.1, 0.15) is 0 Å². The molecule has 0 aromatic heterocycles. The van der Waals surface area contributed by atoms with Crippen LogP contribution in [0.25, 0.3) is 0 Å². The van der Waals surface area contributed by atoms with E-state index in [0.29, 0.717) is 5.69 Å². The smallest absolute Gasteiger partial charge is 0.335 e. The van der Waals surface area contributed by atoms with E-state index in [4.69, 9.17) is 16.7 Å². The number of halogens is 1. The summed E-state index contributed by atoms with van der Waals surface area (Å²) in [5.41, 5.74) is 1.46. The van der Waals surface area contributed by atoms with E-state index in [1.54, 1.807) is 24.3 Å². The first-order chi connectivity index (χ1) is 9.88. The summed E-state index contributed by atoms with van der Waals surface area (Å²) in [5.74, 6) is -1.18. The van der Waals surface area contributed by atoms with Crippen molar-refractivity contribution in [2.75, 3.05) is 4.31 Å². The number of aromatic carboxylic acids is 1. The molecule has 1 atom stereocenters. The zero-order chi connectivity index (χ0) is 15.6. The molecule has 1 unspecified atom stereocenters. The van der Waals surface area contributed by atoms with Gasteiger partial charge in [-0.1, -0.05) is 29.3 Å². The molecule has 0 aliphatic carbocycles. The fourth-order valence-corrected chi connectivity index (χ4v) is 2.62. The molecule has 5 nitrogen and oxygen atoms in total.